The summed E-state index contributed by atoms with van der Waals surface area (Å²) in [6, 6.07) is 7.79. The first-order valence-electron chi connectivity index (χ1n) is 7.27. The van der Waals surface area contributed by atoms with Gasteiger partial charge in [-0.25, -0.2) is 0 Å². The van der Waals surface area contributed by atoms with Gasteiger partial charge in [0.25, 0.3) is 0 Å². The molecule has 0 aromatic heterocycles. The average molecular weight is 344 g/mol. The molecule has 19 heavy (non-hydrogen) atoms. The van der Waals surface area contributed by atoms with Crippen LogP contribution in [0.4, 0.5) is 0 Å². The van der Waals surface area contributed by atoms with Crippen LogP contribution in [0.5, 0.6) is 5.75 Å². The van der Waals surface area contributed by atoms with Gasteiger partial charge in [0.05, 0.1) is 0 Å². The standard InChI is InChI=1S/C16H20BrClO/c17-14-11-15(16(14)8-3-1-2-4-9-16)19-13-7-5-6-12(18)10-13/h5-7,10,14-15H,1-4,8-9,11H2. The molecule has 2 unspecified atom stereocenters. The molecule has 0 heterocycles. The largest absolute Gasteiger partial charge is 0.490 e. The molecule has 3 rings (SSSR count). The van der Waals surface area contributed by atoms with Gasteiger partial charge in [0.15, 0.2) is 0 Å². The highest BCUT2D eigenvalue weighted by molar-refractivity contribution is 9.09. The lowest BCUT2D eigenvalue weighted by atomic mass is 9.61. The fraction of sp³-hybridized carbons (Fsp3) is 0.625. The molecule has 2 aliphatic rings. The van der Waals surface area contributed by atoms with E-state index in [1.807, 2.05) is 24.3 Å². The Kier molecular flexibility index (Phi) is 4.09. The monoisotopic (exact) mass is 342 g/mol. The molecule has 104 valence electrons. The number of halogens is 2. The van der Waals surface area contributed by atoms with Crippen molar-refractivity contribution >= 4 is 27.5 Å². The minimum atomic E-state index is 0.355. The molecule has 0 N–H and O–H groups in total. The van der Waals surface area contributed by atoms with E-state index >= 15 is 0 Å². The highest BCUT2D eigenvalue weighted by Gasteiger charge is 2.54. The molecule has 2 fully saturated rings. The van der Waals surface area contributed by atoms with Crippen molar-refractivity contribution in [1.82, 2.24) is 0 Å². The van der Waals surface area contributed by atoms with Gasteiger partial charge in [0, 0.05) is 15.3 Å². The molecule has 0 amide bonds. The van der Waals surface area contributed by atoms with Crippen LogP contribution in [0.1, 0.15) is 44.9 Å². The summed E-state index contributed by atoms with van der Waals surface area (Å²) in [4.78, 5) is 0.627. The Morgan fingerprint density at radius 1 is 1.16 bits per heavy atom. The SMILES string of the molecule is Clc1cccc(OC2CC(Br)C23CCCCCC3)c1. The summed E-state index contributed by atoms with van der Waals surface area (Å²) >= 11 is 9.91. The molecule has 1 aromatic rings. The molecule has 0 aliphatic heterocycles. The summed E-state index contributed by atoms with van der Waals surface area (Å²) in [5.74, 6) is 0.917. The molecule has 0 saturated heterocycles. The van der Waals surface area contributed by atoms with E-state index in [1.54, 1.807) is 0 Å². The maximum Gasteiger partial charge on any atom is 0.121 e. The Labute approximate surface area is 128 Å². The van der Waals surface area contributed by atoms with Gasteiger partial charge in [-0.15, -0.1) is 0 Å². The first-order valence-corrected chi connectivity index (χ1v) is 8.56. The maximum absolute atomic E-state index is 6.24. The molecule has 1 spiro atoms. The van der Waals surface area contributed by atoms with Gasteiger partial charge in [0.2, 0.25) is 0 Å². The van der Waals surface area contributed by atoms with E-state index in [1.165, 1.54) is 38.5 Å². The normalized spacial score (nSPS) is 29.6. The van der Waals surface area contributed by atoms with Crippen LogP contribution in [0.3, 0.4) is 0 Å². The van der Waals surface area contributed by atoms with Crippen molar-refractivity contribution in [3.05, 3.63) is 29.3 Å². The number of alkyl halides is 1. The summed E-state index contributed by atoms with van der Waals surface area (Å²) in [6.07, 6.45) is 9.52. The third-order valence-electron chi connectivity index (χ3n) is 4.79. The molecule has 3 heteroatoms. The average Bonchev–Trinajstić information content (AvgIpc) is 2.66. The van der Waals surface area contributed by atoms with Crippen LogP contribution in [0, 0.1) is 5.41 Å². The highest BCUT2D eigenvalue weighted by Crippen LogP contribution is 2.55. The van der Waals surface area contributed by atoms with Crippen molar-refractivity contribution in [3.8, 4) is 5.75 Å². The van der Waals surface area contributed by atoms with Crippen molar-refractivity contribution < 1.29 is 4.74 Å². The van der Waals surface area contributed by atoms with Gasteiger partial charge in [-0.05, 0) is 37.5 Å². The summed E-state index contributed by atoms with van der Waals surface area (Å²) in [5.41, 5.74) is 0.360. The molecule has 0 bridgehead atoms. The van der Waals surface area contributed by atoms with Crippen LogP contribution in [-0.4, -0.2) is 10.9 Å². The highest BCUT2D eigenvalue weighted by atomic mass is 79.9. The Morgan fingerprint density at radius 3 is 2.53 bits per heavy atom. The first kappa shape index (κ1) is 13.8. The predicted octanol–water partition coefficient (Wildman–Crippen LogP) is 5.60. The minimum absolute atomic E-state index is 0.355. The third kappa shape index (κ3) is 2.67. The van der Waals surface area contributed by atoms with Gasteiger partial charge in [-0.1, -0.05) is 59.3 Å². The van der Waals surface area contributed by atoms with E-state index in [2.05, 4.69) is 15.9 Å². The maximum atomic E-state index is 6.24. The molecule has 2 saturated carbocycles. The van der Waals surface area contributed by atoms with Crippen molar-refractivity contribution in [2.24, 2.45) is 5.41 Å². The van der Waals surface area contributed by atoms with E-state index in [0.29, 0.717) is 16.3 Å². The van der Waals surface area contributed by atoms with Gasteiger partial charge in [0.1, 0.15) is 11.9 Å². The van der Waals surface area contributed by atoms with Crippen molar-refractivity contribution in [2.45, 2.75) is 55.9 Å². The first-order chi connectivity index (χ1) is 9.21. The summed E-state index contributed by atoms with van der Waals surface area (Å²) < 4.78 is 6.24. The van der Waals surface area contributed by atoms with Crippen molar-refractivity contribution in [3.63, 3.8) is 0 Å². The zero-order valence-corrected chi connectivity index (χ0v) is 13.4. The van der Waals surface area contributed by atoms with Crippen molar-refractivity contribution in [2.75, 3.05) is 0 Å². The van der Waals surface area contributed by atoms with Crippen LogP contribution in [0.2, 0.25) is 5.02 Å². The Bertz CT molecular complexity index is 440. The number of benzene rings is 1. The van der Waals surface area contributed by atoms with E-state index < -0.39 is 0 Å². The quantitative estimate of drug-likeness (QED) is 0.635. The smallest absolute Gasteiger partial charge is 0.121 e. The van der Waals surface area contributed by atoms with Gasteiger partial charge < -0.3 is 4.74 Å². The second kappa shape index (κ2) is 5.65. The van der Waals surface area contributed by atoms with Gasteiger partial charge in [-0.3, -0.25) is 0 Å². The molecule has 2 atom stereocenters. The fourth-order valence-electron chi connectivity index (χ4n) is 3.59. The summed E-state index contributed by atoms with van der Waals surface area (Å²) in [6.45, 7) is 0. The third-order valence-corrected chi connectivity index (χ3v) is 6.32. The lowest BCUT2D eigenvalue weighted by molar-refractivity contribution is -0.0461. The Morgan fingerprint density at radius 2 is 1.89 bits per heavy atom. The summed E-state index contributed by atoms with van der Waals surface area (Å²) in [7, 11) is 0. The molecular weight excluding hydrogens is 324 g/mol. The lowest BCUT2D eigenvalue weighted by Crippen LogP contribution is -2.56. The number of hydrogen-bond donors (Lipinski definition) is 0. The second-order valence-electron chi connectivity index (χ2n) is 5.91. The van der Waals surface area contributed by atoms with Crippen LogP contribution in [0.25, 0.3) is 0 Å². The zero-order chi connectivity index (χ0) is 13.3. The number of hydrogen-bond acceptors (Lipinski definition) is 1. The van der Waals surface area contributed by atoms with Crippen LogP contribution >= 0.6 is 27.5 Å². The topological polar surface area (TPSA) is 9.23 Å². The number of ether oxygens (including phenoxy) is 1. The van der Waals surface area contributed by atoms with Gasteiger partial charge >= 0.3 is 0 Å². The van der Waals surface area contributed by atoms with E-state index in [9.17, 15) is 0 Å². The zero-order valence-electron chi connectivity index (χ0n) is 11.1. The minimum Gasteiger partial charge on any atom is -0.490 e. The molecule has 2 aliphatic carbocycles. The molecule has 0 radical (unpaired) electrons. The van der Waals surface area contributed by atoms with Crippen LogP contribution in [0.15, 0.2) is 24.3 Å². The van der Waals surface area contributed by atoms with Crippen LogP contribution in [-0.2, 0) is 0 Å². The van der Waals surface area contributed by atoms with E-state index in [-0.39, 0.29) is 0 Å². The lowest BCUT2D eigenvalue weighted by Gasteiger charge is -2.53. The van der Waals surface area contributed by atoms with E-state index in [0.717, 1.165) is 17.2 Å². The van der Waals surface area contributed by atoms with Crippen LogP contribution < -0.4 is 4.74 Å². The Hall–Kier alpha value is -0.210. The number of rotatable bonds is 2. The molecule has 1 aromatic carbocycles. The predicted molar refractivity (Wildman–Crippen MR) is 83.3 cm³/mol. The Balaban J connectivity index is 1.74. The summed E-state index contributed by atoms with van der Waals surface area (Å²) in [5, 5.41) is 0.752. The second-order valence-corrected chi connectivity index (χ2v) is 7.46. The van der Waals surface area contributed by atoms with Crippen molar-refractivity contribution in [1.29, 1.82) is 0 Å². The van der Waals surface area contributed by atoms with Gasteiger partial charge in [-0.2, -0.15) is 0 Å². The molecule has 1 nitrogen and oxygen atoms in total. The fourth-order valence-corrected chi connectivity index (χ4v) is 4.86. The van der Waals surface area contributed by atoms with E-state index in [4.69, 9.17) is 16.3 Å². The molecular formula is C16H20BrClO.